The molecular weight excluding hydrogens is 321 g/mol. The van der Waals surface area contributed by atoms with Crippen LogP contribution in [0.2, 0.25) is 10.0 Å². The number of halogens is 2. The van der Waals surface area contributed by atoms with Gasteiger partial charge in [-0.05, 0) is 36.2 Å². The summed E-state index contributed by atoms with van der Waals surface area (Å²) in [7, 11) is 1.61. The largest absolute Gasteiger partial charge is 0.493 e. The molecule has 0 saturated heterocycles. The van der Waals surface area contributed by atoms with E-state index < -0.39 is 0 Å². The topological polar surface area (TPSA) is 30.5 Å². The summed E-state index contributed by atoms with van der Waals surface area (Å²) in [5.74, 6) is 1.23. The van der Waals surface area contributed by atoms with E-state index in [1.165, 1.54) is 0 Å². The van der Waals surface area contributed by atoms with Crippen LogP contribution in [0.5, 0.6) is 11.5 Å². The molecule has 3 nitrogen and oxygen atoms in total. The number of ether oxygens (including phenoxy) is 2. The van der Waals surface area contributed by atoms with Crippen molar-refractivity contribution >= 4 is 23.2 Å². The lowest BCUT2D eigenvalue weighted by Gasteiger charge is -2.13. The average Bonchev–Trinajstić information content (AvgIpc) is 2.51. The molecule has 0 aromatic heterocycles. The second-order valence-electron chi connectivity index (χ2n) is 4.74. The van der Waals surface area contributed by atoms with E-state index in [-0.39, 0.29) is 0 Å². The third kappa shape index (κ3) is 4.29. The Hall–Kier alpha value is -1.42. The van der Waals surface area contributed by atoms with Gasteiger partial charge in [0, 0.05) is 18.1 Å². The van der Waals surface area contributed by atoms with E-state index in [1.807, 2.05) is 43.3 Å². The summed E-state index contributed by atoms with van der Waals surface area (Å²) >= 11 is 12.4. The molecule has 22 heavy (non-hydrogen) atoms. The van der Waals surface area contributed by atoms with E-state index in [4.69, 9.17) is 32.7 Å². The smallest absolute Gasteiger partial charge is 0.179 e. The van der Waals surface area contributed by atoms with Gasteiger partial charge in [-0.2, -0.15) is 0 Å². The molecule has 0 amide bonds. The zero-order valence-corrected chi connectivity index (χ0v) is 14.2. The Morgan fingerprint density at radius 3 is 2.50 bits per heavy atom. The number of nitrogens with one attached hydrogen (secondary N) is 1. The van der Waals surface area contributed by atoms with Crippen LogP contribution >= 0.6 is 23.2 Å². The van der Waals surface area contributed by atoms with Crippen molar-refractivity contribution in [3.05, 3.63) is 57.6 Å². The monoisotopic (exact) mass is 339 g/mol. The number of methoxy groups -OCH3 is 1. The van der Waals surface area contributed by atoms with Crippen molar-refractivity contribution in [2.75, 3.05) is 13.7 Å². The zero-order chi connectivity index (χ0) is 15.9. The van der Waals surface area contributed by atoms with E-state index in [2.05, 4.69) is 5.32 Å². The standard InChI is InChI=1S/C17H19Cl2NO2/c1-3-22-17-15(19)8-12(9-16(17)21-2)10-20-11-13-6-4-5-7-14(13)18/h4-9,20H,3,10-11H2,1-2H3. The van der Waals surface area contributed by atoms with Crippen molar-refractivity contribution in [1.82, 2.24) is 5.32 Å². The molecule has 0 radical (unpaired) electrons. The summed E-state index contributed by atoms with van der Waals surface area (Å²) in [6.45, 7) is 3.80. The Kier molecular flexibility index (Phi) is 6.37. The molecule has 1 N–H and O–H groups in total. The van der Waals surface area contributed by atoms with Gasteiger partial charge in [0.05, 0.1) is 18.7 Å². The molecule has 0 aliphatic carbocycles. The fraction of sp³-hybridized carbons (Fsp3) is 0.294. The summed E-state index contributed by atoms with van der Waals surface area (Å²) in [5.41, 5.74) is 2.09. The predicted octanol–water partition coefficient (Wildman–Crippen LogP) is 4.69. The van der Waals surface area contributed by atoms with Gasteiger partial charge in [0.2, 0.25) is 0 Å². The maximum absolute atomic E-state index is 6.26. The third-order valence-electron chi connectivity index (χ3n) is 3.18. The van der Waals surface area contributed by atoms with Crippen LogP contribution < -0.4 is 14.8 Å². The third-order valence-corrected chi connectivity index (χ3v) is 3.83. The quantitative estimate of drug-likeness (QED) is 0.793. The molecule has 5 heteroatoms. The first-order valence-electron chi connectivity index (χ1n) is 7.09. The Morgan fingerprint density at radius 1 is 1.05 bits per heavy atom. The van der Waals surface area contributed by atoms with E-state index >= 15 is 0 Å². The lowest BCUT2D eigenvalue weighted by Crippen LogP contribution is -2.13. The summed E-state index contributed by atoms with van der Waals surface area (Å²) in [5, 5.41) is 4.66. The minimum absolute atomic E-state index is 0.542. The highest BCUT2D eigenvalue weighted by molar-refractivity contribution is 6.32. The molecule has 0 fully saturated rings. The van der Waals surface area contributed by atoms with Crippen molar-refractivity contribution in [2.45, 2.75) is 20.0 Å². The highest BCUT2D eigenvalue weighted by Gasteiger charge is 2.11. The van der Waals surface area contributed by atoms with Gasteiger partial charge in [-0.15, -0.1) is 0 Å². The van der Waals surface area contributed by atoms with Gasteiger partial charge in [-0.1, -0.05) is 41.4 Å². The molecule has 0 bridgehead atoms. The predicted molar refractivity (Wildman–Crippen MR) is 91.2 cm³/mol. The van der Waals surface area contributed by atoms with Crippen molar-refractivity contribution < 1.29 is 9.47 Å². The lowest BCUT2D eigenvalue weighted by molar-refractivity contribution is 0.311. The molecule has 0 atom stereocenters. The lowest BCUT2D eigenvalue weighted by atomic mass is 10.2. The van der Waals surface area contributed by atoms with Crippen LogP contribution in [-0.4, -0.2) is 13.7 Å². The van der Waals surface area contributed by atoms with Crippen molar-refractivity contribution in [3.8, 4) is 11.5 Å². The highest BCUT2D eigenvalue weighted by Crippen LogP contribution is 2.36. The Bertz CT molecular complexity index is 632. The van der Waals surface area contributed by atoms with Gasteiger partial charge in [-0.3, -0.25) is 0 Å². The van der Waals surface area contributed by atoms with Gasteiger partial charge in [0.25, 0.3) is 0 Å². The summed E-state index contributed by atoms with van der Waals surface area (Å²) < 4.78 is 10.9. The van der Waals surface area contributed by atoms with Gasteiger partial charge in [0.1, 0.15) is 0 Å². The van der Waals surface area contributed by atoms with Gasteiger partial charge in [-0.25, -0.2) is 0 Å². The average molecular weight is 340 g/mol. The first kappa shape index (κ1) is 16.9. The number of hydrogen-bond donors (Lipinski definition) is 1. The molecule has 2 aromatic carbocycles. The van der Waals surface area contributed by atoms with Crippen LogP contribution in [0.3, 0.4) is 0 Å². The zero-order valence-electron chi connectivity index (χ0n) is 12.7. The maximum atomic E-state index is 6.26. The fourth-order valence-electron chi connectivity index (χ4n) is 2.14. The minimum atomic E-state index is 0.542. The first-order valence-corrected chi connectivity index (χ1v) is 7.84. The maximum Gasteiger partial charge on any atom is 0.179 e. The second kappa shape index (κ2) is 8.28. The summed E-state index contributed by atoms with van der Waals surface area (Å²) in [6, 6.07) is 11.6. The molecule has 2 aromatic rings. The van der Waals surface area contributed by atoms with Gasteiger partial charge < -0.3 is 14.8 Å². The summed E-state index contributed by atoms with van der Waals surface area (Å²) in [6.07, 6.45) is 0. The summed E-state index contributed by atoms with van der Waals surface area (Å²) in [4.78, 5) is 0. The molecular formula is C17H19Cl2NO2. The van der Waals surface area contributed by atoms with E-state index in [0.29, 0.717) is 36.2 Å². The molecule has 2 rings (SSSR count). The van der Waals surface area contributed by atoms with E-state index in [1.54, 1.807) is 7.11 Å². The minimum Gasteiger partial charge on any atom is -0.493 e. The number of hydrogen-bond acceptors (Lipinski definition) is 3. The second-order valence-corrected chi connectivity index (χ2v) is 5.55. The Balaban J connectivity index is 2.04. The Labute approximate surface area is 141 Å². The van der Waals surface area contributed by atoms with Crippen LogP contribution in [0.25, 0.3) is 0 Å². The van der Waals surface area contributed by atoms with E-state index in [0.717, 1.165) is 16.1 Å². The van der Waals surface area contributed by atoms with Crippen LogP contribution in [0.4, 0.5) is 0 Å². The van der Waals surface area contributed by atoms with E-state index in [9.17, 15) is 0 Å². The van der Waals surface area contributed by atoms with Gasteiger partial charge >= 0.3 is 0 Å². The van der Waals surface area contributed by atoms with Crippen LogP contribution in [0.15, 0.2) is 36.4 Å². The molecule has 0 unspecified atom stereocenters. The SMILES string of the molecule is CCOc1c(Cl)cc(CNCc2ccccc2Cl)cc1OC. The molecule has 0 aliphatic rings. The molecule has 0 spiro atoms. The molecule has 118 valence electrons. The van der Waals surface area contributed by atoms with Crippen LogP contribution in [-0.2, 0) is 13.1 Å². The fourth-order valence-corrected chi connectivity index (χ4v) is 2.63. The van der Waals surface area contributed by atoms with Crippen LogP contribution in [0.1, 0.15) is 18.1 Å². The van der Waals surface area contributed by atoms with Crippen molar-refractivity contribution in [3.63, 3.8) is 0 Å². The molecule has 0 aliphatic heterocycles. The van der Waals surface area contributed by atoms with Gasteiger partial charge in [0.15, 0.2) is 11.5 Å². The van der Waals surface area contributed by atoms with Crippen LogP contribution in [0, 0.1) is 0 Å². The highest BCUT2D eigenvalue weighted by atomic mass is 35.5. The molecule has 0 saturated carbocycles. The Morgan fingerprint density at radius 2 is 1.82 bits per heavy atom. The van der Waals surface area contributed by atoms with Crippen molar-refractivity contribution in [1.29, 1.82) is 0 Å². The normalized spacial score (nSPS) is 10.5. The number of rotatable bonds is 7. The first-order chi connectivity index (χ1) is 10.7. The molecule has 0 heterocycles. The number of benzene rings is 2. The van der Waals surface area contributed by atoms with Crippen molar-refractivity contribution in [2.24, 2.45) is 0 Å².